The highest BCUT2D eigenvalue weighted by molar-refractivity contribution is 5.85. The van der Waals surface area contributed by atoms with E-state index in [4.69, 9.17) is 9.63 Å². The first-order valence-corrected chi connectivity index (χ1v) is 5.56. The lowest BCUT2D eigenvalue weighted by Gasteiger charge is -2.29. The van der Waals surface area contributed by atoms with Crippen molar-refractivity contribution in [3.63, 3.8) is 0 Å². The summed E-state index contributed by atoms with van der Waals surface area (Å²) in [6, 6.07) is 1.50. The third-order valence-corrected chi connectivity index (χ3v) is 3.03. The van der Waals surface area contributed by atoms with Crippen molar-refractivity contribution in [3.05, 3.63) is 17.5 Å². The van der Waals surface area contributed by atoms with Gasteiger partial charge in [0.25, 0.3) is 0 Å². The van der Waals surface area contributed by atoms with Crippen LogP contribution < -0.4 is 0 Å². The summed E-state index contributed by atoms with van der Waals surface area (Å²) in [4.78, 5) is 12.9. The molecule has 16 heavy (non-hydrogen) atoms. The van der Waals surface area contributed by atoms with Crippen molar-refractivity contribution < 1.29 is 14.4 Å². The van der Waals surface area contributed by atoms with Crippen molar-refractivity contribution in [2.24, 2.45) is 5.92 Å². The fourth-order valence-electron chi connectivity index (χ4n) is 1.93. The summed E-state index contributed by atoms with van der Waals surface area (Å²) in [5.74, 6) is 0.384. The zero-order valence-corrected chi connectivity index (χ0v) is 9.35. The Labute approximate surface area is 94.0 Å². The van der Waals surface area contributed by atoms with Crippen molar-refractivity contribution in [3.8, 4) is 0 Å². The number of nitrogens with zero attached hydrogens (tertiary/aromatic N) is 2. The molecule has 2 heterocycles. The molecule has 1 saturated heterocycles. The van der Waals surface area contributed by atoms with Crippen LogP contribution in [0.2, 0.25) is 0 Å². The minimum absolute atomic E-state index is 0.0135. The van der Waals surface area contributed by atoms with Gasteiger partial charge in [-0.15, -0.1) is 0 Å². The summed E-state index contributed by atoms with van der Waals surface area (Å²) in [7, 11) is 0. The van der Waals surface area contributed by atoms with Crippen molar-refractivity contribution in [1.82, 2.24) is 10.1 Å². The number of hydrogen-bond donors (Lipinski definition) is 1. The first-order valence-electron chi connectivity index (χ1n) is 5.56. The molecule has 0 spiro atoms. The van der Waals surface area contributed by atoms with Crippen molar-refractivity contribution in [2.75, 3.05) is 13.1 Å². The van der Waals surface area contributed by atoms with Crippen LogP contribution in [0, 0.1) is 5.92 Å². The molecule has 5 heteroatoms. The molecule has 0 unspecified atom stereocenters. The van der Waals surface area contributed by atoms with Gasteiger partial charge in [0.05, 0.1) is 6.54 Å². The molecule has 1 aromatic rings. The second kappa shape index (κ2) is 4.65. The Kier molecular flexibility index (Phi) is 3.24. The second-order valence-corrected chi connectivity index (χ2v) is 4.44. The third kappa shape index (κ3) is 2.61. The summed E-state index contributed by atoms with van der Waals surface area (Å²) in [5.41, 5.74) is -0.0135. The summed E-state index contributed by atoms with van der Waals surface area (Å²) in [5, 5.41) is 12.2. The van der Waals surface area contributed by atoms with Crippen LogP contribution in [0.4, 0.5) is 0 Å². The Balaban J connectivity index is 1.91. The zero-order valence-electron chi connectivity index (χ0n) is 9.35. The molecule has 1 N–H and O–H groups in total. The predicted molar refractivity (Wildman–Crippen MR) is 57.1 cm³/mol. The predicted octanol–water partition coefficient (Wildman–Crippen LogP) is 1.60. The normalized spacial score (nSPS) is 18.8. The molecule has 0 saturated carbocycles. The summed E-state index contributed by atoms with van der Waals surface area (Å²) in [6.45, 7) is 5.01. The number of hydrogen-bond acceptors (Lipinski definition) is 4. The molecule has 2 rings (SSSR count). The van der Waals surface area contributed by atoms with E-state index in [-0.39, 0.29) is 5.69 Å². The number of aromatic carboxylic acids is 1. The lowest BCUT2D eigenvalue weighted by Crippen LogP contribution is -2.32. The molecule has 1 aliphatic rings. The Morgan fingerprint density at radius 2 is 2.31 bits per heavy atom. The van der Waals surface area contributed by atoms with E-state index in [2.05, 4.69) is 17.0 Å². The molecule has 5 nitrogen and oxygen atoms in total. The van der Waals surface area contributed by atoms with Crippen LogP contribution in [0.15, 0.2) is 10.6 Å². The molecule has 0 radical (unpaired) electrons. The van der Waals surface area contributed by atoms with Gasteiger partial charge >= 0.3 is 5.97 Å². The van der Waals surface area contributed by atoms with Crippen LogP contribution in [0.3, 0.4) is 0 Å². The van der Waals surface area contributed by atoms with Crippen LogP contribution in [0.25, 0.3) is 0 Å². The van der Waals surface area contributed by atoms with Gasteiger partial charge in [0.15, 0.2) is 11.5 Å². The fourth-order valence-corrected chi connectivity index (χ4v) is 1.93. The molecule has 0 aromatic carbocycles. The molecule has 1 fully saturated rings. The molecule has 1 aromatic heterocycles. The Morgan fingerprint density at radius 3 is 2.88 bits per heavy atom. The zero-order chi connectivity index (χ0) is 11.5. The highest BCUT2D eigenvalue weighted by Gasteiger charge is 2.18. The van der Waals surface area contributed by atoms with Gasteiger partial charge in [-0.2, -0.15) is 0 Å². The Bertz CT molecular complexity index is 367. The highest BCUT2D eigenvalue weighted by Crippen LogP contribution is 2.18. The molecule has 88 valence electrons. The van der Waals surface area contributed by atoms with Gasteiger partial charge in [-0.05, 0) is 31.8 Å². The number of aromatic nitrogens is 1. The van der Waals surface area contributed by atoms with Crippen LogP contribution >= 0.6 is 0 Å². The number of likely N-dealkylation sites (tertiary alicyclic amines) is 1. The summed E-state index contributed by atoms with van der Waals surface area (Å²) in [6.07, 6.45) is 2.39. The van der Waals surface area contributed by atoms with E-state index >= 15 is 0 Å². The number of carbonyl (C=O) groups is 1. The van der Waals surface area contributed by atoms with Crippen molar-refractivity contribution in [1.29, 1.82) is 0 Å². The summed E-state index contributed by atoms with van der Waals surface area (Å²) >= 11 is 0. The van der Waals surface area contributed by atoms with Crippen LogP contribution in [-0.2, 0) is 6.54 Å². The second-order valence-electron chi connectivity index (χ2n) is 4.44. The van der Waals surface area contributed by atoms with Gasteiger partial charge < -0.3 is 9.63 Å². The maximum Gasteiger partial charge on any atom is 0.358 e. The Morgan fingerprint density at radius 1 is 1.62 bits per heavy atom. The molecular formula is C11H16N2O3. The molecule has 0 bridgehead atoms. The van der Waals surface area contributed by atoms with E-state index in [9.17, 15) is 4.79 Å². The quantitative estimate of drug-likeness (QED) is 0.844. The molecule has 1 aliphatic heterocycles. The largest absolute Gasteiger partial charge is 0.476 e. The van der Waals surface area contributed by atoms with Crippen LogP contribution in [-0.4, -0.2) is 34.2 Å². The molecule has 0 amide bonds. The maximum atomic E-state index is 10.6. The van der Waals surface area contributed by atoms with Gasteiger partial charge in [-0.1, -0.05) is 12.1 Å². The number of carboxylic acids is 1. The van der Waals surface area contributed by atoms with E-state index in [1.54, 1.807) is 0 Å². The first-order chi connectivity index (χ1) is 7.65. The smallest absolute Gasteiger partial charge is 0.358 e. The topological polar surface area (TPSA) is 66.6 Å². The van der Waals surface area contributed by atoms with Gasteiger partial charge in [-0.25, -0.2) is 4.79 Å². The summed E-state index contributed by atoms with van der Waals surface area (Å²) < 4.78 is 4.98. The van der Waals surface area contributed by atoms with Gasteiger partial charge in [0.1, 0.15) is 0 Å². The fraction of sp³-hybridized carbons (Fsp3) is 0.636. The van der Waals surface area contributed by atoms with E-state index in [0.29, 0.717) is 12.3 Å². The third-order valence-electron chi connectivity index (χ3n) is 3.03. The molecule has 0 atom stereocenters. The van der Waals surface area contributed by atoms with Crippen LogP contribution in [0.5, 0.6) is 0 Å². The number of carboxylic acid groups (broad SMARTS) is 1. The molecular weight excluding hydrogens is 208 g/mol. The van der Waals surface area contributed by atoms with E-state index < -0.39 is 5.97 Å². The first kappa shape index (κ1) is 11.1. The highest BCUT2D eigenvalue weighted by atomic mass is 16.5. The van der Waals surface area contributed by atoms with Gasteiger partial charge in [-0.3, -0.25) is 4.90 Å². The lowest BCUT2D eigenvalue weighted by molar-refractivity contribution is 0.0685. The average Bonchev–Trinajstić information content (AvgIpc) is 2.70. The number of rotatable bonds is 3. The lowest BCUT2D eigenvalue weighted by atomic mass is 9.99. The van der Waals surface area contributed by atoms with E-state index in [1.165, 1.54) is 18.9 Å². The average molecular weight is 224 g/mol. The van der Waals surface area contributed by atoms with E-state index in [1.807, 2.05) is 0 Å². The van der Waals surface area contributed by atoms with Gasteiger partial charge in [0.2, 0.25) is 0 Å². The van der Waals surface area contributed by atoms with Crippen molar-refractivity contribution >= 4 is 5.97 Å². The monoisotopic (exact) mass is 224 g/mol. The Hall–Kier alpha value is -1.36. The van der Waals surface area contributed by atoms with Gasteiger partial charge in [0, 0.05) is 6.07 Å². The van der Waals surface area contributed by atoms with Crippen LogP contribution in [0.1, 0.15) is 36.0 Å². The maximum absolute atomic E-state index is 10.6. The number of piperidine rings is 1. The minimum Gasteiger partial charge on any atom is -0.476 e. The SMILES string of the molecule is CC1CCN(Cc2cc(C(=O)O)no2)CC1. The minimum atomic E-state index is -1.04. The van der Waals surface area contributed by atoms with Crippen molar-refractivity contribution in [2.45, 2.75) is 26.3 Å². The molecule has 0 aliphatic carbocycles. The van der Waals surface area contributed by atoms with E-state index in [0.717, 1.165) is 19.0 Å². The standard InChI is InChI=1S/C11H16N2O3/c1-8-2-4-13(5-3-8)7-9-6-10(11(14)15)12-16-9/h6,8H,2-5,7H2,1H3,(H,14,15).